The molecule has 15 heavy (non-hydrogen) atoms. The summed E-state index contributed by atoms with van der Waals surface area (Å²) in [6.07, 6.45) is 4.91. The third-order valence-corrected chi connectivity index (χ3v) is 3.23. The van der Waals surface area contributed by atoms with Crippen LogP contribution in [0, 0.1) is 0 Å². The number of aromatic nitrogens is 2. The zero-order valence-electron chi connectivity index (χ0n) is 9.44. The molecule has 0 aliphatic carbocycles. The molecular formula is C11H19N3O. The molecule has 84 valence electrons. The second-order valence-corrected chi connectivity index (χ2v) is 4.56. The summed E-state index contributed by atoms with van der Waals surface area (Å²) in [5.74, 6) is 0. The first-order valence-corrected chi connectivity index (χ1v) is 5.48. The van der Waals surface area contributed by atoms with E-state index in [1.807, 2.05) is 19.3 Å². The lowest BCUT2D eigenvalue weighted by atomic mass is 9.90. The van der Waals surface area contributed by atoms with Gasteiger partial charge in [-0.1, -0.05) is 0 Å². The molecular weight excluding hydrogens is 190 g/mol. The van der Waals surface area contributed by atoms with Crippen LogP contribution in [-0.2, 0) is 18.2 Å². The van der Waals surface area contributed by atoms with Crippen LogP contribution in [0.5, 0.6) is 0 Å². The molecule has 1 aliphatic rings. The molecule has 1 aromatic rings. The molecule has 2 N–H and O–H groups in total. The van der Waals surface area contributed by atoms with E-state index in [9.17, 15) is 0 Å². The first-order valence-electron chi connectivity index (χ1n) is 5.48. The van der Waals surface area contributed by atoms with Crippen molar-refractivity contribution in [3.05, 3.63) is 18.0 Å². The number of nitrogens with two attached hydrogens (primary N) is 1. The van der Waals surface area contributed by atoms with Gasteiger partial charge in [0.1, 0.15) is 0 Å². The maximum absolute atomic E-state index is 6.18. The lowest BCUT2D eigenvalue weighted by molar-refractivity contribution is -0.00115. The summed E-state index contributed by atoms with van der Waals surface area (Å²) in [6, 6.07) is 2.05. The fraction of sp³-hybridized carbons (Fsp3) is 0.727. The summed E-state index contributed by atoms with van der Waals surface area (Å²) in [4.78, 5) is 0. The van der Waals surface area contributed by atoms with Crippen LogP contribution in [0.2, 0.25) is 0 Å². The average Bonchev–Trinajstić information content (AvgIpc) is 2.76. The molecule has 0 spiro atoms. The van der Waals surface area contributed by atoms with Crippen molar-refractivity contribution in [2.75, 3.05) is 6.61 Å². The second kappa shape index (κ2) is 3.94. The third-order valence-electron chi connectivity index (χ3n) is 3.23. The highest BCUT2D eigenvalue weighted by molar-refractivity contribution is 5.05. The van der Waals surface area contributed by atoms with Gasteiger partial charge in [-0.2, -0.15) is 5.10 Å². The number of aryl methyl sites for hydroxylation is 1. The number of hydrogen-bond donors (Lipinski definition) is 1. The minimum absolute atomic E-state index is 0.0369. The predicted octanol–water partition coefficient (Wildman–Crippen LogP) is 0.859. The molecule has 1 saturated heterocycles. The quantitative estimate of drug-likeness (QED) is 0.803. The first kappa shape index (κ1) is 10.6. The molecule has 4 heteroatoms. The van der Waals surface area contributed by atoms with Crippen LogP contribution < -0.4 is 5.73 Å². The van der Waals surface area contributed by atoms with E-state index in [2.05, 4.69) is 12.0 Å². The molecule has 1 aliphatic heterocycles. The SMILES string of the molecule is Cn1ccc(CC(N)C2(C)CCCO2)n1. The highest BCUT2D eigenvalue weighted by Crippen LogP contribution is 2.28. The molecule has 0 saturated carbocycles. The van der Waals surface area contributed by atoms with Gasteiger partial charge in [0.15, 0.2) is 0 Å². The molecule has 2 heterocycles. The Morgan fingerprint density at radius 2 is 2.53 bits per heavy atom. The van der Waals surface area contributed by atoms with Crippen LogP contribution in [0.3, 0.4) is 0 Å². The zero-order valence-corrected chi connectivity index (χ0v) is 9.44. The number of rotatable bonds is 3. The largest absolute Gasteiger partial charge is 0.374 e. The molecule has 2 atom stereocenters. The highest BCUT2D eigenvalue weighted by Gasteiger charge is 2.36. The predicted molar refractivity (Wildman–Crippen MR) is 58.5 cm³/mol. The minimum Gasteiger partial charge on any atom is -0.374 e. The Labute approximate surface area is 90.4 Å². The monoisotopic (exact) mass is 209 g/mol. The van der Waals surface area contributed by atoms with Crippen LogP contribution in [0.4, 0.5) is 0 Å². The Hall–Kier alpha value is -0.870. The maximum atomic E-state index is 6.18. The van der Waals surface area contributed by atoms with Crippen LogP contribution in [0.25, 0.3) is 0 Å². The van der Waals surface area contributed by atoms with E-state index in [-0.39, 0.29) is 11.6 Å². The minimum atomic E-state index is -0.155. The van der Waals surface area contributed by atoms with Crippen molar-refractivity contribution >= 4 is 0 Å². The fourth-order valence-electron chi connectivity index (χ4n) is 2.11. The molecule has 1 aromatic heterocycles. The lowest BCUT2D eigenvalue weighted by Crippen LogP contribution is -2.46. The Kier molecular flexibility index (Phi) is 2.80. The summed E-state index contributed by atoms with van der Waals surface area (Å²) in [6.45, 7) is 2.94. The van der Waals surface area contributed by atoms with E-state index in [0.717, 1.165) is 31.6 Å². The smallest absolute Gasteiger partial charge is 0.0809 e. The molecule has 0 aromatic carbocycles. The summed E-state index contributed by atoms with van der Waals surface area (Å²) < 4.78 is 7.53. The number of nitrogens with zero attached hydrogens (tertiary/aromatic N) is 2. The summed E-state index contributed by atoms with van der Waals surface area (Å²) in [5, 5.41) is 4.33. The van der Waals surface area contributed by atoms with Crippen molar-refractivity contribution in [1.29, 1.82) is 0 Å². The maximum Gasteiger partial charge on any atom is 0.0809 e. The van der Waals surface area contributed by atoms with Gasteiger partial charge in [-0.25, -0.2) is 0 Å². The van der Waals surface area contributed by atoms with E-state index in [1.165, 1.54) is 0 Å². The van der Waals surface area contributed by atoms with Gasteiger partial charge in [0.25, 0.3) is 0 Å². The lowest BCUT2D eigenvalue weighted by Gasteiger charge is -2.29. The molecule has 1 fully saturated rings. The number of ether oxygens (including phenoxy) is 1. The van der Waals surface area contributed by atoms with Crippen LogP contribution in [0.15, 0.2) is 12.3 Å². The molecule has 0 amide bonds. The van der Waals surface area contributed by atoms with Gasteiger partial charge in [0, 0.05) is 32.3 Å². The zero-order chi connectivity index (χ0) is 10.9. The Morgan fingerprint density at radius 3 is 3.07 bits per heavy atom. The van der Waals surface area contributed by atoms with Crippen molar-refractivity contribution in [3.63, 3.8) is 0 Å². The fourth-order valence-corrected chi connectivity index (χ4v) is 2.11. The van der Waals surface area contributed by atoms with E-state index >= 15 is 0 Å². The van der Waals surface area contributed by atoms with Gasteiger partial charge in [-0.15, -0.1) is 0 Å². The molecule has 0 radical (unpaired) electrons. The van der Waals surface area contributed by atoms with Gasteiger partial charge >= 0.3 is 0 Å². The van der Waals surface area contributed by atoms with E-state index < -0.39 is 0 Å². The van der Waals surface area contributed by atoms with Crippen molar-refractivity contribution in [2.45, 2.75) is 37.8 Å². The molecule has 2 rings (SSSR count). The summed E-state index contributed by atoms with van der Waals surface area (Å²) in [5.41, 5.74) is 7.07. The normalized spacial score (nSPS) is 28.2. The van der Waals surface area contributed by atoms with Gasteiger partial charge in [-0.3, -0.25) is 4.68 Å². The van der Waals surface area contributed by atoms with Gasteiger partial charge in [0.2, 0.25) is 0 Å². The molecule has 0 bridgehead atoms. The van der Waals surface area contributed by atoms with Crippen LogP contribution in [-0.4, -0.2) is 28.0 Å². The van der Waals surface area contributed by atoms with Crippen LogP contribution >= 0.6 is 0 Å². The van der Waals surface area contributed by atoms with Crippen molar-refractivity contribution in [2.24, 2.45) is 12.8 Å². The van der Waals surface area contributed by atoms with E-state index in [4.69, 9.17) is 10.5 Å². The molecule has 4 nitrogen and oxygen atoms in total. The van der Waals surface area contributed by atoms with Crippen LogP contribution in [0.1, 0.15) is 25.5 Å². The van der Waals surface area contributed by atoms with Crippen molar-refractivity contribution < 1.29 is 4.74 Å². The summed E-state index contributed by atoms with van der Waals surface area (Å²) >= 11 is 0. The Bertz CT molecular complexity index is 328. The Morgan fingerprint density at radius 1 is 1.73 bits per heavy atom. The molecule has 2 unspecified atom stereocenters. The second-order valence-electron chi connectivity index (χ2n) is 4.56. The van der Waals surface area contributed by atoms with Gasteiger partial charge in [-0.05, 0) is 25.8 Å². The third kappa shape index (κ3) is 2.21. The van der Waals surface area contributed by atoms with E-state index in [0.29, 0.717) is 0 Å². The number of hydrogen-bond acceptors (Lipinski definition) is 3. The topological polar surface area (TPSA) is 53.1 Å². The van der Waals surface area contributed by atoms with Gasteiger partial charge in [0.05, 0.1) is 11.3 Å². The standard InChI is InChI=1S/C11H19N3O/c1-11(5-3-7-15-11)10(12)8-9-4-6-14(2)13-9/h4,6,10H,3,5,7-8,12H2,1-2H3. The van der Waals surface area contributed by atoms with Gasteiger partial charge < -0.3 is 10.5 Å². The van der Waals surface area contributed by atoms with Crippen molar-refractivity contribution in [1.82, 2.24) is 9.78 Å². The average molecular weight is 209 g/mol. The highest BCUT2D eigenvalue weighted by atomic mass is 16.5. The summed E-state index contributed by atoms with van der Waals surface area (Å²) in [7, 11) is 1.92. The van der Waals surface area contributed by atoms with E-state index in [1.54, 1.807) is 4.68 Å². The van der Waals surface area contributed by atoms with Crippen molar-refractivity contribution in [3.8, 4) is 0 Å². The Balaban J connectivity index is 1.99. The first-order chi connectivity index (χ1) is 7.10.